The van der Waals surface area contributed by atoms with E-state index in [2.05, 4.69) is 15.9 Å². The Morgan fingerprint density at radius 3 is 2.85 bits per heavy atom. The van der Waals surface area contributed by atoms with Crippen molar-refractivity contribution in [3.63, 3.8) is 0 Å². The molecular weight excluding hydrogens is 253 g/mol. The molecule has 1 aromatic carbocycles. The van der Waals surface area contributed by atoms with Gasteiger partial charge < -0.3 is 4.42 Å². The highest BCUT2D eigenvalue weighted by atomic mass is 79.9. The van der Waals surface area contributed by atoms with Crippen molar-refractivity contribution in [3.8, 4) is 6.07 Å². The van der Waals surface area contributed by atoms with Crippen LogP contribution in [0.25, 0.3) is 11.0 Å². The van der Waals surface area contributed by atoms with E-state index in [1.54, 1.807) is 18.2 Å². The Labute approximate surface area is 87.8 Å². The molecule has 1 aromatic heterocycles. The normalized spacial score (nSPS) is 10.2. The Morgan fingerprint density at radius 2 is 2.15 bits per heavy atom. The maximum Gasteiger partial charge on any atom is 0.204 e. The quantitative estimate of drug-likeness (QED) is 0.720. The van der Waals surface area contributed by atoms with Gasteiger partial charge in [-0.05, 0) is 22.0 Å². The summed E-state index contributed by atoms with van der Waals surface area (Å²) < 4.78 is 6.04. The Kier molecular flexibility index (Phi) is 2.03. The molecule has 0 aliphatic carbocycles. The molecule has 0 unspecified atom stereocenters. The third kappa shape index (κ3) is 1.43. The van der Waals surface area contributed by atoms with E-state index in [0.717, 1.165) is 9.86 Å². The minimum atomic E-state index is 0.290. The molecule has 0 bridgehead atoms. The third-order valence-electron chi connectivity index (χ3n) is 1.66. The summed E-state index contributed by atoms with van der Waals surface area (Å²) in [6, 6.07) is 7.06. The zero-order valence-electron chi connectivity index (χ0n) is 6.34. The third-order valence-corrected chi connectivity index (χ3v) is 2.54. The van der Waals surface area contributed by atoms with Gasteiger partial charge in [0.2, 0.25) is 5.76 Å². The van der Waals surface area contributed by atoms with Crippen LogP contribution in [-0.4, -0.2) is 0 Å². The summed E-state index contributed by atoms with van der Waals surface area (Å²) in [6.07, 6.45) is 0. The number of nitriles is 1. The molecule has 0 fully saturated rings. The van der Waals surface area contributed by atoms with Gasteiger partial charge in [-0.2, -0.15) is 5.26 Å². The standard InChI is InChI=1S/C9H3BrClNO/c10-8-1-5(11)2-9-7(8)3-6(4-12)13-9/h1-3H. The summed E-state index contributed by atoms with van der Waals surface area (Å²) in [5.74, 6) is 0.290. The van der Waals surface area contributed by atoms with Crippen molar-refractivity contribution < 1.29 is 4.42 Å². The number of hydrogen-bond acceptors (Lipinski definition) is 2. The highest BCUT2D eigenvalue weighted by Crippen LogP contribution is 2.30. The maximum atomic E-state index is 8.61. The molecule has 0 aliphatic rings. The molecule has 0 N–H and O–H groups in total. The first kappa shape index (κ1) is 8.61. The van der Waals surface area contributed by atoms with Gasteiger partial charge in [0.25, 0.3) is 0 Å². The lowest BCUT2D eigenvalue weighted by Gasteiger charge is -1.92. The van der Waals surface area contributed by atoms with Crippen LogP contribution in [0.2, 0.25) is 5.02 Å². The largest absolute Gasteiger partial charge is 0.445 e. The van der Waals surface area contributed by atoms with E-state index in [1.807, 2.05) is 6.07 Å². The zero-order valence-corrected chi connectivity index (χ0v) is 8.69. The smallest absolute Gasteiger partial charge is 0.204 e. The number of rotatable bonds is 0. The van der Waals surface area contributed by atoms with Gasteiger partial charge in [-0.25, -0.2) is 0 Å². The van der Waals surface area contributed by atoms with Gasteiger partial charge in [0.15, 0.2) is 0 Å². The molecule has 4 heteroatoms. The van der Waals surface area contributed by atoms with E-state index in [1.165, 1.54) is 0 Å². The first-order chi connectivity index (χ1) is 6.20. The molecule has 0 spiro atoms. The fourth-order valence-electron chi connectivity index (χ4n) is 1.12. The first-order valence-corrected chi connectivity index (χ1v) is 4.66. The minimum Gasteiger partial charge on any atom is -0.445 e. The average Bonchev–Trinajstić information content (AvgIpc) is 2.47. The lowest BCUT2D eigenvalue weighted by Crippen LogP contribution is -1.67. The molecule has 1 heterocycles. The molecule has 64 valence electrons. The lowest BCUT2D eigenvalue weighted by atomic mass is 10.2. The summed E-state index contributed by atoms with van der Waals surface area (Å²) in [4.78, 5) is 0. The van der Waals surface area contributed by atoms with Crippen molar-refractivity contribution in [2.75, 3.05) is 0 Å². The molecule has 0 atom stereocenters. The number of hydrogen-bond donors (Lipinski definition) is 0. The second-order valence-corrected chi connectivity index (χ2v) is 3.81. The van der Waals surface area contributed by atoms with E-state index < -0.39 is 0 Å². The Bertz CT molecular complexity index is 512. The van der Waals surface area contributed by atoms with Gasteiger partial charge in [0.05, 0.1) is 0 Å². The van der Waals surface area contributed by atoms with Crippen molar-refractivity contribution in [3.05, 3.63) is 33.5 Å². The molecule has 2 nitrogen and oxygen atoms in total. The van der Waals surface area contributed by atoms with Crippen LogP contribution in [0.5, 0.6) is 0 Å². The van der Waals surface area contributed by atoms with E-state index in [0.29, 0.717) is 10.6 Å². The molecule has 0 amide bonds. The number of fused-ring (bicyclic) bond motifs is 1. The molecule has 2 rings (SSSR count). The van der Waals surface area contributed by atoms with Crippen LogP contribution >= 0.6 is 27.5 Å². The van der Waals surface area contributed by atoms with Gasteiger partial charge in [0.1, 0.15) is 11.7 Å². The summed E-state index contributed by atoms with van der Waals surface area (Å²) in [5, 5.41) is 10.1. The molecule has 0 saturated carbocycles. The van der Waals surface area contributed by atoms with E-state index in [4.69, 9.17) is 21.3 Å². The van der Waals surface area contributed by atoms with Crippen molar-refractivity contribution in [1.29, 1.82) is 5.26 Å². The van der Waals surface area contributed by atoms with Crippen LogP contribution in [0.1, 0.15) is 5.76 Å². The van der Waals surface area contributed by atoms with Crippen LogP contribution in [0.4, 0.5) is 0 Å². The highest BCUT2D eigenvalue weighted by Gasteiger charge is 2.07. The van der Waals surface area contributed by atoms with Crippen LogP contribution in [0.15, 0.2) is 27.1 Å². The molecule has 0 radical (unpaired) electrons. The van der Waals surface area contributed by atoms with Crippen molar-refractivity contribution in [1.82, 2.24) is 0 Å². The van der Waals surface area contributed by atoms with E-state index in [-0.39, 0.29) is 5.76 Å². The Balaban J connectivity index is 2.84. The fourth-order valence-corrected chi connectivity index (χ4v) is 2.02. The maximum absolute atomic E-state index is 8.61. The second-order valence-electron chi connectivity index (χ2n) is 2.52. The number of benzene rings is 1. The predicted octanol–water partition coefficient (Wildman–Crippen LogP) is 3.72. The molecule has 0 aliphatic heterocycles. The molecule has 2 aromatic rings. The van der Waals surface area contributed by atoms with Gasteiger partial charge >= 0.3 is 0 Å². The van der Waals surface area contributed by atoms with Crippen molar-refractivity contribution >= 4 is 38.5 Å². The molecule has 0 saturated heterocycles. The predicted molar refractivity (Wildman–Crippen MR) is 53.6 cm³/mol. The monoisotopic (exact) mass is 255 g/mol. The van der Waals surface area contributed by atoms with Gasteiger partial charge in [0, 0.05) is 27.0 Å². The molecular formula is C9H3BrClNO. The first-order valence-electron chi connectivity index (χ1n) is 3.49. The topological polar surface area (TPSA) is 36.9 Å². The summed E-state index contributed by atoms with van der Waals surface area (Å²) in [5.41, 5.74) is 0.621. The van der Waals surface area contributed by atoms with Crippen LogP contribution in [0.3, 0.4) is 0 Å². The van der Waals surface area contributed by atoms with E-state index in [9.17, 15) is 0 Å². The van der Waals surface area contributed by atoms with E-state index >= 15 is 0 Å². The summed E-state index contributed by atoms with van der Waals surface area (Å²) in [6.45, 7) is 0. The number of furan rings is 1. The Morgan fingerprint density at radius 1 is 1.38 bits per heavy atom. The highest BCUT2D eigenvalue weighted by molar-refractivity contribution is 9.10. The summed E-state index contributed by atoms with van der Waals surface area (Å²) >= 11 is 9.14. The second kappa shape index (κ2) is 3.06. The zero-order chi connectivity index (χ0) is 9.42. The summed E-state index contributed by atoms with van der Waals surface area (Å²) in [7, 11) is 0. The van der Waals surface area contributed by atoms with Gasteiger partial charge in [-0.1, -0.05) is 11.6 Å². The van der Waals surface area contributed by atoms with Crippen molar-refractivity contribution in [2.45, 2.75) is 0 Å². The van der Waals surface area contributed by atoms with Crippen LogP contribution in [-0.2, 0) is 0 Å². The van der Waals surface area contributed by atoms with Crippen molar-refractivity contribution in [2.24, 2.45) is 0 Å². The number of halogens is 2. The van der Waals surface area contributed by atoms with Gasteiger partial charge in [-0.3, -0.25) is 0 Å². The number of nitrogens with zero attached hydrogens (tertiary/aromatic N) is 1. The van der Waals surface area contributed by atoms with Crippen LogP contribution in [0, 0.1) is 11.3 Å². The Hall–Kier alpha value is -0.980. The fraction of sp³-hybridized carbons (Fsp3) is 0. The van der Waals surface area contributed by atoms with Crippen LogP contribution < -0.4 is 0 Å². The average molecular weight is 256 g/mol. The lowest BCUT2D eigenvalue weighted by molar-refractivity contribution is 0.599. The molecule has 13 heavy (non-hydrogen) atoms. The minimum absolute atomic E-state index is 0.290. The SMILES string of the molecule is N#Cc1cc2c(Br)cc(Cl)cc2o1. The van der Waals surface area contributed by atoms with Gasteiger partial charge in [-0.15, -0.1) is 0 Å².